The number of halogens is 2. The summed E-state index contributed by atoms with van der Waals surface area (Å²) >= 11 is 5.63. The number of rotatable bonds is 2. The minimum Gasteiger partial charge on any atom is -0.423 e. The van der Waals surface area contributed by atoms with Gasteiger partial charge in [0.15, 0.2) is 6.67 Å². The Bertz CT molecular complexity index is 288. The highest BCUT2D eigenvalue weighted by atomic mass is 35.5. The Kier molecular flexibility index (Phi) is 3.05. The number of ether oxygens (including phenoxy) is 1. The van der Waals surface area contributed by atoms with E-state index in [4.69, 9.17) is 11.6 Å². The van der Waals surface area contributed by atoms with Crippen molar-refractivity contribution in [2.45, 2.75) is 0 Å². The first-order chi connectivity index (χ1) is 5.74. The molecular weight excluding hydrogens is 183 g/mol. The predicted molar refractivity (Wildman–Crippen MR) is 43.1 cm³/mol. The molecule has 0 fully saturated rings. The van der Waals surface area contributed by atoms with E-state index in [1.54, 1.807) is 18.2 Å². The molecule has 0 saturated carbocycles. The van der Waals surface area contributed by atoms with Crippen LogP contribution in [0.5, 0.6) is 5.75 Å². The first-order valence-electron chi connectivity index (χ1n) is 3.25. The van der Waals surface area contributed by atoms with Gasteiger partial charge >= 0.3 is 5.97 Å². The number of hydrogen-bond acceptors (Lipinski definition) is 2. The summed E-state index contributed by atoms with van der Waals surface area (Å²) in [5, 5.41) is 0.291. The van der Waals surface area contributed by atoms with E-state index in [1.807, 2.05) is 0 Å². The van der Waals surface area contributed by atoms with Crippen LogP contribution in [0.15, 0.2) is 24.3 Å². The molecule has 2 nitrogen and oxygen atoms in total. The van der Waals surface area contributed by atoms with E-state index >= 15 is 0 Å². The van der Waals surface area contributed by atoms with E-state index < -0.39 is 12.6 Å². The van der Waals surface area contributed by atoms with Crippen molar-refractivity contribution in [2.24, 2.45) is 0 Å². The largest absolute Gasteiger partial charge is 0.423 e. The van der Waals surface area contributed by atoms with Crippen molar-refractivity contribution in [2.75, 3.05) is 6.67 Å². The lowest BCUT2D eigenvalue weighted by molar-refractivity contribution is -0.135. The summed E-state index contributed by atoms with van der Waals surface area (Å²) in [6.45, 7) is -1.15. The molecule has 1 rings (SSSR count). The van der Waals surface area contributed by atoms with Crippen LogP contribution in [0, 0.1) is 0 Å². The molecule has 12 heavy (non-hydrogen) atoms. The van der Waals surface area contributed by atoms with E-state index in [-0.39, 0.29) is 5.75 Å². The maximum absolute atomic E-state index is 11.7. The Hall–Kier alpha value is -1.09. The van der Waals surface area contributed by atoms with Gasteiger partial charge in [-0.05, 0) is 12.1 Å². The fourth-order valence-electron chi connectivity index (χ4n) is 0.677. The Morgan fingerprint density at radius 2 is 2.17 bits per heavy atom. The van der Waals surface area contributed by atoms with Gasteiger partial charge in [-0.25, -0.2) is 9.18 Å². The van der Waals surface area contributed by atoms with Gasteiger partial charge in [-0.1, -0.05) is 23.7 Å². The molecular formula is C8H6ClFO2. The molecule has 0 N–H and O–H groups in total. The number of carbonyl (C=O) groups is 1. The monoisotopic (exact) mass is 188 g/mol. The highest BCUT2D eigenvalue weighted by molar-refractivity contribution is 6.32. The number of carbonyl (C=O) groups excluding carboxylic acids is 1. The molecule has 0 saturated heterocycles. The molecule has 0 aliphatic heterocycles. The van der Waals surface area contributed by atoms with Gasteiger partial charge in [0.1, 0.15) is 5.75 Å². The van der Waals surface area contributed by atoms with Crippen LogP contribution in [0.1, 0.15) is 0 Å². The summed E-state index contributed by atoms with van der Waals surface area (Å²) in [6, 6.07) is 6.39. The second kappa shape index (κ2) is 4.07. The van der Waals surface area contributed by atoms with Gasteiger partial charge in [0.25, 0.3) is 0 Å². The minimum absolute atomic E-state index is 0.182. The molecule has 0 aliphatic rings. The number of benzene rings is 1. The van der Waals surface area contributed by atoms with Crippen LogP contribution in [0.25, 0.3) is 0 Å². The number of hydrogen-bond donors (Lipinski definition) is 0. The Labute approximate surface area is 73.9 Å². The van der Waals surface area contributed by atoms with Crippen LogP contribution < -0.4 is 4.74 Å². The lowest BCUT2D eigenvalue weighted by Crippen LogP contribution is -2.09. The zero-order valence-electron chi connectivity index (χ0n) is 6.09. The Balaban J connectivity index is 2.75. The first-order valence-corrected chi connectivity index (χ1v) is 3.63. The summed E-state index contributed by atoms with van der Waals surface area (Å²) in [4.78, 5) is 10.5. The molecule has 0 atom stereocenters. The average Bonchev–Trinajstić information content (AvgIpc) is 2.09. The van der Waals surface area contributed by atoms with Crippen LogP contribution in [-0.4, -0.2) is 12.6 Å². The molecule has 0 radical (unpaired) electrons. The molecule has 0 bridgehead atoms. The maximum Gasteiger partial charge on any atom is 0.342 e. The molecule has 4 heteroatoms. The fraction of sp³-hybridized carbons (Fsp3) is 0.125. The smallest absolute Gasteiger partial charge is 0.342 e. The SMILES string of the molecule is O=C(CF)Oc1ccccc1Cl. The van der Waals surface area contributed by atoms with Gasteiger partial charge < -0.3 is 4.74 Å². The lowest BCUT2D eigenvalue weighted by atomic mass is 10.3. The highest BCUT2D eigenvalue weighted by Crippen LogP contribution is 2.22. The van der Waals surface area contributed by atoms with E-state index in [0.717, 1.165) is 0 Å². The van der Waals surface area contributed by atoms with Crippen molar-refractivity contribution in [1.82, 2.24) is 0 Å². The van der Waals surface area contributed by atoms with Crippen LogP contribution in [-0.2, 0) is 4.79 Å². The maximum atomic E-state index is 11.7. The van der Waals surface area contributed by atoms with Crippen molar-refractivity contribution < 1.29 is 13.9 Å². The summed E-state index contributed by atoms with van der Waals surface area (Å²) < 4.78 is 16.2. The summed E-state index contributed by atoms with van der Waals surface area (Å²) in [7, 11) is 0. The lowest BCUT2D eigenvalue weighted by Gasteiger charge is -2.02. The van der Waals surface area contributed by atoms with Gasteiger partial charge in [0.2, 0.25) is 0 Å². The van der Waals surface area contributed by atoms with Gasteiger partial charge in [-0.3, -0.25) is 0 Å². The molecule has 0 unspecified atom stereocenters. The molecule has 0 amide bonds. The summed E-state index contributed by atoms with van der Waals surface area (Å²) in [5.74, 6) is -0.759. The predicted octanol–water partition coefficient (Wildman–Crippen LogP) is 2.21. The van der Waals surface area contributed by atoms with Gasteiger partial charge in [0.05, 0.1) is 5.02 Å². The Morgan fingerprint density at radius 3 is 2.75 bits per heavy atom. The van der Waals surface area contributed by atoms with E-state index in [0.29, 0.717) is 5.02 Å². The number of alkyl halides is 1. The third-order valence-electron chi connectivity index (χ3n) is 1.17. The third-order valence-corrected chi connectivity index (χ3v) is 1.48. The topological polar surface area (TPSA) is 26.3 Å². The van der Waals surface area contributed by atoms with E-state index in [9.17, 15) is 9.18 Å². The van der Waals surface area contributed by atoms with Crippen LogP contribution in [0.3, 0.4) is 0 Å². The zero-order chi connectivity index (χ0) is 8.97. The van der Waals surface area contributed by atoms with Crippen LogP contribution in [0.2, 0.25) is 5.02 Å². The molecule has 0 spiro atoms. The van der Waals surface area contributed by atoms with Crippen LogP contribution >= 0.6 is 11.6 Å². The summed E-state index contributed by atoms with van der Waals surface area (Å²) in [5.41, 5.74) is 0. The van der Waals surface area contributed by atoms with Gasteiger partial charge in [-0.15, -0.1) is 0 Å². The van der Waals surface area contributed by atoms with Crippen molar-refractivity contribution in [3.05, 3.63) is 29.3 Å². The van der Waals surface area contributed by atoms with Gasteiger partial charge in [0, 0.05) is 0 Å². The average molecular weight is 189 g/mol. The first kappa shape index (κ1) is 9.00. The van der Waals surface area contributed by atoms with E-state index in [2.05, 4.69) is 4.74 Å². The van der Waals surface area contributed by atoms with Crippen LogP contribution in [0.4, 0.5) is 4.39 Å². The summed E-state index contributed by atoms with van der Waals surface area (Å²) in [6.07, 6.45) is 0. The van der Waals surface area contributed by atoms with Crippen molar-refractivity contribution in [1.29, 1.82) is 0 Å². The molecule has 64 valence electrons. The number of esters is 1. The zero-order valence-corrected chi connectivity index (χ0v) is 6.84. The van der Waals surface area contributed by atoms with Crippen molar-refractivity contribution in [3.8, 4) is 5.75 Å². The molecule has 1 aromatic carbocycles. The second-order valence-corrected chi connectivity index (χ2v) is 2.45. The van der Waals surface area contributed by atoms with E-state index in [1.165, 1.54) is 6.07 Å². The normalized spacial score (nSPS) is 9.50. The molecule has 0 aliphatic carbocycles. The molecule has 0 heterocycles. The second-order valence-electron chi connectivity index (χ2n) is 2.04. The molecule has 1 aromatic rings. The van der Waals surface area contributed by atoms with Crippen molar-refractivity contribution >= 4 is 17.6 Å². The minimum atomic E-state index is -1.15. The Morgan fingerprint density at radius 1 is 1.50 bits per heavy atom. The number of para-hydroxylation sites is 1. The quantitative estimate of drug-likeness (QED) is 0.526. The van der Waals surface area contributed by atoms with Gasteiger partial charge in [-0.2, -0.15) is 0 Å². The van der Waals surface area contributed by atoms with Crippen molar-refractivity contribution in [3.63, 3.8) is 0 Å². The standard InChI is InChI=1S/C8H6ClFO2/c9-6-3-1-2-4-7(6)12-8(11)5-10/h1-4H,5H2. The molecule has 0 aromatic heterocycles. The fourth-order valence-corrected chi connectivity index (χ4v) is 0.852. The third kappa shape index (κ3) is 2.20. The highest BCUT2D eigenvalue weighted by Gasteiger charge is 2.05.